The molecule has 126 valence electrons. The molecule has 1 amide bonds. The summed E-state index contributed by atoms with van der Waals surface area (Å²) in [5, 5.41) is 13.2. The number of nitrogens with one attached hydrogen (secondary N) is 2. The molecule has 0 aromatic heterocycles. The smallest absolute Gasteiger partial charge is 0.270 e. The van der Waals surface area contributed by atoms with E-state index >= 15 is 0 Å². The number of nitro groups is 1. The van der Waals surface area contributed by atoms with Crippen LogP contribution in [0, 0.1) is 10.1 Å². The predicted molar refractivity (Wildman–Crippen MR) is 83.2 cm³/mol. The van der Waals surface area contributed by atoms with Gasteiger partial charge < -0.3 is 11.1 Å². The van der Waals surface area contributed by atoms with Gasteiger partial charge in [0.25, 0.3) is 15.7 Å². The van der Waals surface area contributed by atoms with Gasteiger partial charge in [0.1, 0.15) is 6.54 Å². The molecule has 0 radical (unpaired) electrons. The van der Waals surface area contributed by atoms with E-state index in [1.807, 2.05) is 11.6 Å². The summed E-state index contributed by atoms with van der Waals surface area (Å²) in [5.41, 5.74) is 5.04. The summed E-state index contributed by atoms with van der Waals surface area (Å²) in [4.78, 5) is 24.6. The van der Waals surface area contributed by atoms with Crippen molar-refractivity contribution < 1.29 is 18.1 Å². The maximum atomic E-state index is 12.0. The van der Waals surface area contributed by atoms with Crippen LogP contribution in [0.2, 0.25) is 0 Å². The van der Waals surface area contributed by atoms with Crippen LogP contribution in [0.3, 0.4) is 0 Å². The van der Waals surface area contributed by atoms with Gasteiger partial charge in [-0.15, -0.1) is 0 Å². The molecule has 0 saturated carbocycles. The Morgan fingerprint density at radius 2 is 2.13 bits per heavy atom. The first-order chi connectivity index (χ1) is 10.8. The van der Waals surface area contributed by atoms with Gasteiger partial charge in [-0.25, -0.2) is 18.1 Å². The molecule has 0 heterocycles. The second-order valence-electron chi connectivity index (χ2n) is 4.41. The summed E-state index contributed by atoms with van der Waals surface area (Å²) in [7, 11) is -4.12. The van der Waals surface area contributed by atoms with Crippen LogP contribution in [-0.2, 0) is 14.8 Å². The molecule has 0 aliphatic rings. The molecule has 0 atom stereocenters. The van der Waals surface area contributed by atoms with E-state index in [2.05, 4.69) is 10.3 Å². The van der Waals surface area contributed by atoms with Crippen LogP contribution in [0.4, 0.5) is 5.69 Å². The third kappa shape index (κ3) is 5.90. The van der Waals surface area contributed by atoms with Crippen LogP contribution in [0.5, 0.6) is 0 Å². The lowest BCUT2D eigenvalue weighted by atomic mass is 10.3. The van der Waals surface area contributed by atoms with E-state index in [0.717, 1.165) is 18.6 Å². The van der Waals surface area contributed by atoms with Gasteiger partial charge in [-0.3, -0.25) is 14.9 Å². The molecule has 11 heteroatoms. The van der Waals surface area contributed by atoms with Crippen LogP contribution in [0.25, 0.3) is 0 Å². The number of nitro benzene ring substituents is 1. The summed E-state index contributed by atoms with van der Waals surface area (Å²) in [6, 6.07) is 4.47. The molecule has 1 aromatic rings. The summed E-state index contributed by atoms with van der Waals surface area (Å²) >= 11 is 0. The average molecular weight is 343 g/mol. The average Bonchev–Trinajstić information content (AvgIpc) is 2.50. The van der Waals surface area contributed by atoms with E-state index in [-0.39, 0.29) is 17.1 Å². The molecule has 4 N–H and O–H groups in total. The lowest BCUT2D eigenvalue weighted by Crippen LogP contribution is -2.38. The number of aliphatic imine (C=N–C) groups is 1. The van der Waals surface area contributed by atoms with Crippen LogP contribution in [0.15, 0.2) is 34.2 Å². The summed E-state index contributed by atoms with van der Waals surface area (Å²) < 4.78 is 26.0. The summed E-state index contributed by atoms with van der Waals surface area (Å²) in [6.45, 7) is 2.03. The zero-order valence-electron chi connectivity index (χ0n) is 12.4. The van der Waals surface area contributed by atoms with Gasteiger partial charge in [-0.1, -0.05) is 13.0 Å². The number of nitrogens with zero attached hydrogens (tertiary/aromatic N) is 2. The quantitative estimate of drug-likeness (QED) is 0.267. The van der Waals surface area contributed by atoms with Crippen molar-refractivity contribution in [3.63, 3.8) is 0 Å². The van der Waals surface area contributed by atoms with Crippen molar-refractivity contribution in [1.29, 1.82) is 0 Å². The topological polar surface area (TPSA) is 157 Å². The fraction of sp³-hybridized carbons (Fsp3) is 0.333. The van der Waals surface area contributed by atoms with Crippen molar-refractivity contribution in [3.05, 3.63) is 34.4 Å². The van der Waals surface area contributed by atoms with Gasteiger partial charge in [0.05, 0.1) is 9.82 Å². The van der Waals surface area contributed by atoms with E-state index in [9.17, 15) is 23.3 Å². The van der Waals surface area contributed by atoms with Crippen molar-refractivity contribution in [2.75, 3.05) is 13.1 Å². The summed E-state index contributed by atoms with van der Waals surface area (Å²) in [5.74, 6) is -0.882. The minimum absolute atomic E-state index is 0.330. The number of sulfonamides is 1. The Kier molecular flexibility index (Phi) is 6.45. The number of amides is 1. The molecule has 0 fully saturated rings. The lowest BCUT2D eigenvalue weighted by Gasteiger charge is -2.07. The Hall–Kier alpha value is -2.69. The van der Waals surface area contributed by atoms with E-state index in [0.29, 0.717) is 6.54 Å². The van der Waals surface area contributed by atoms with Gasteiger partial charge in [0.15, 0.2) is 0 Å². The standard InChI is InChI=1S/C12H17N5O5S/c1-2-6-14-11(18)8-15-12(13)16-23(21,22)10-5-3-4-9(7-10)17(19)20/h3-5,7H,2,6,8H2,1H3,(H,14,18)(H3,13,15,16). The highest BCUT2D eigenvalue weighted by Gasteiger charge is 2.18. The monoisotopic (exact) mass is 343 g/mol. The highest BCUT2D eigenvalue weighted by molar-refractivity contribution is 7.90. The number of non-ortho nitro benzene ring substituents is 1. The predicted octanol–water partition coefficient (Wildman–Crippen LogP) is -0.286. The third-order valence-electron chi connectivity index (χ3n) is 2.54. The maximum absolute atomic E-state index is 12.0. The lowest BCUT2D eigenvalue weighted by molar-refractivity contribution is -0.385. The molecule has 0 bridgehead atoms. The minimum Gasteiger partial charge on any atom is -0.369 e. The van der Waals surface area contributed by atoms with Gasteiger partial charge in [-0.05, 0) is 12.5 Å². The largest absolute Gasteiger partial charge is 0.369 e. The Morgan fingerprint density at radius 3 is 2.74 bits per heavy atom. The van der Waals surface area contributed by atoms with E-state index in [1.165, 1.54) is 12.1 Å². The molecule has 0 aliphatic heterocycles. The molecule has 0 unspecified atom stereocenters. The fourth-order valence-corrected chi connectivity index (χ4v) is 2.46. The Morgan fingerprint density at radius 1 is 1.43 bits per heavy atom. The highest BCUT2D eigenvalue weighted by Crippen LogP contribution is 2.16. The Bertz CT molecular complexity index is 716. The van der Waals surface area contributed by atoms with Gasteiger partial charge >= 0.3 is 0 Å². The van der Waals surface area contributed by atoms with E-state index in [4.69, 9.17) is 5.73 Å². The maximum Gasteiger partial charge on any atom is 0.270 e. The van der Waals surface area contributed by atoms with Gasteiger partial charge in [0, 0.05) is 18.7 Å². The number of hydrogen-bond acceptors (Lipinski definition) is 6. The summed E-state index contributed by atoms with van der Waals surface area (Å²) in [6.07, 6.45) is 0.754. The second kappa shape index (κ2) is 8.08. The molecule has 0 aliphatic carbocycles. The third-order valence-corrected chi connectivity index (χ3v) is 3.90. The molecule has 0 saturated heterocycles. The fourth-order valence-electron chi connectivity index (χ4n) is 1.47. The molecule has 0 spiro atoms. The number of guanidine groups is 1. The van der Waals surface area contributed by atoms with Crippen LogP contribution in [0.1, 0.15) is 13.3 Å². The first kappa shape index (κ1) is 18.4. The van der Waals surface area contributed by atoms with E-state index < -0.39 is 26.8 Å². The van der Waals surface area contributed by atoms with Crippen molar-refractivity contribution >= 4 is 27.6 Å². The second-order valence-corrected chi connectivity index (χ2v) is 6.09. The number of benzene rings is 1. The van der Waals surface area contributed by atoms with Gasteiger partial charge in [0.2, 0.25) is 11.9 Å². The first-order valence-electron chi connectivity index (χ1n) is 6.60. The van der Waals surface area contributed by atoms with Crippen molar-refractivity contribution in [2.24, 2.45) is 10.7 Å². The zero-order valence-corrected chi connectivity index (χ0v) is 13.2. The Balaban J connectivity index is 2.79. The highest BCUT2D eigenvalue weighted by atomic mass is 32.2. The number of rotatable bonds is 7. The molecule has 23 heavy (non-hydrogen) atoms. The number of carbonyl (C=O) groups is 1. The normalized spacial score (nSPS) is 11.8. The van der Waals surface area contributed by atoms with Crippen LogP contribution >= 0.6 is 0 Å². The van der Waals surface area contributed by atoms with Crippen molar-refractivity contribution in [1.82, 2.24) is 10.0 Å². The van der Waals surface area contributed by atoms with Gasteiger partial charge in [-0.2, -0.15) is 0 Å². The molecular weight excluding hydrogens is 326 g/mol. The molecule has 10 nitrogen and oxygen atoms in total. The minimum atomic E-state index is -4.12. The zero-order chi connectivity index (χ0) is 17.5. The molecule has 1 rings (SSSR count). The molecule has 1 aromatic carbocycles. The SMILES string of the molecule is CCCNC(=O)CN=C(N)NS(=O)(=O)c1cccc([N+](=O)[O-])c1. The van der Waals surface area contributed by atoms with Crippen LogP contribution in [-0.4, -0.2) is 38.3 Å². The van der Waals surface area contributed by atoms with Crippen molar-refractivity contribution in [3.8, 4) is 0 Å². The van der Waals surface area contributed by atoms with Crippen LogP contribution < -0.4 is 15.8 Å². The number of nitrogens with two attached hydrogens (primary N) is 1. The Labute approximate surface area is 133 Å². The first-order valence-corrected chi connectivity index (χ1v) is 8.08. The number of hydrogen-bond donors (Lipinski definition) is 3. The van der Waals surface area contributed by atoms with Crippen molar-refractivity contribution in [2.45, 2.75) is 18.2 Å². The molecular formula is C12H17N5O5S. The number of carbonyl (C=O) groups excluding carboxylic acids is 1. The van der Waals surface area contributed by atoms with E-state index in [1.54, 1.807) is 0 Å².